The maximum absolute atomic E-state index is 11.1. The molecule has 0 radical (unpaired) electrons. The lowest BCUT2D eigenvalue weighted by Crippen LogP contribution is -2.05. The molecule has 116 valence electrons. The quantitative estimate of drug-likeness (QED) is 0.530. The maximum atomic E-state index is 11.1. The first-order valence-corrected chi connectivity index (χ1v) is 7.16. The summed E-state index contributed by atoms with van der Waals surface area (Å²) in [5.41, 5.74) is 1.28. The third kappa shape index (κ3) is 5.45. The number of benzene rings is 1. The van der Waals surface area contributed by atoms with E-state index in [0.717, 1.165) is 18.3 Å². The SMILES string of the molecule is CCCOc1ccc(C=O)c(OCCCCC(=O)O)c1C. The molecule has 0 aliphatic heterocycles. The van der Waals surface area contributed by atoms with Crippen LogP contribution < -0.4 is 9.47 Å². The number of carboxylic acids is 1. The molecule has 1 N–H and O–H groups in total. The van der Waals surface area contributed by atoms with Gasteiger partial charge in [-0.1, -0.05) is 6.92 Å². The normalized spacial score (nSPS) is 10.2. The Morgan fingerprint density at radius 1 is 1.24 bits per heavy atom. The number of hydrogen-bond donors (Lipinski definition) is 1. The molecule has 0 aliphatic carbocycles. The van der Waals surface area contributed by atoms with Gasteiger partial charge in [0.2, 0.25) is 0 Å². The van der Waals surface area contributed by atoms with E-state index < -0.39 is 5.97 Å². The van der Waals surface area contributed by atoms with Crippen LogP contribution in [0.5, 0.6) is 11.5 Å². The van der Waals surface area contributed by atoms with Gasteiger partial charge in [0.15, 0.2) is 6.29 Å². The zero-order valence-corrected chi connectivity index (χ0v) is 12.6. The Hall–Kier alpha value is -2.04. The fourth-order valence-electron chi connectivity index (χ4n) is 1.90. The lowest BCUT2D eigenvalue weighted by atomic mass is 10.1. The largest absolute Gasteiger partial charge is 0.493 e. The molecule has 0 aliphatic rings. The molecular formula is C16H22O5. The van der Waals surface area contributed by atoms with Gasteiger partial charge in [-0.3, -0.25) is 9.59 Å². The Labute approximate surface area is 124 Å². The van der Waals surface area contributed by atoms with Crippen LogP contribution in [-0.4, -0.2) is 30.6 Å². The second-order valence-electron chi connectivity index (χ2n) is 4.77. The van der Waals surface area contributed by atoms with E-state index in [1.807, 2.05) is 13.8 Å². The first kappa shape index (κ1) is 17.0. The van der Waals surface area contributed by atoms with Crippen molar-refractivity contribution in [2.24, 2.45) is 0 Å². The molecule has 0 amide bonds. The number of carbonyl (C=O) groups excluding carboxylic acids is 1. The zero-order valence-electron chi connectivity index (χ0n) is 12.6. The van der Waals surface area contributed by atoms with Crippen molar-refractivity contribution in [1.82, 2.24) is 0 Å². The van der Waals surface area contributed by atoms with Crippen LogP contribution in [-0.2, 0) is 4.79 Å². The summed E-state index contributed by atoms with van der Waals surface area (Å²) in [6.07, 6.45) is 2.97. The van der Waals surface area contributed by atoms with Gasteiger partial charge in [-0.05, 0) is 38.3 Å². The average Bonchev–Trinajstić information content (AvgIpc) is 2.46. The molecule has 5 nitrogen and oxygen atoms in total. The predicted octanol–water partition coefficient (Wildman–Crippen LogP) is 3.23. The van der Waals surface area contributed by atoms with E-state index in [1.165, 1.54) is 0 Å². The van der Waals surface area contributed by atoms with E-state index >= 15 is 0 Å². The number of ether oxygens (including phenoxy) is 2. The average molecular weight is 294 g/mol. The third-order valence-corrected chi connectivity index (χ3v) is 3.01. The van der Waals surface area contributed by atoms with Crippen LogP contribution >= 0.6 is 0 Å². The van der Waals surface area contributed by atoms with Gasteiger partial charge in [-0.2, -0.15) is 0 Å². The summed E-state index contributed by atoms with van der Waals surface area (Å²) in [7, 11) is 0. The van der Waals surface area contributed by atoms with Gasteiger partial charge in [0, 0.05) is 12.0 Å². The van der Waals surface area contributed by atoms with Crippen molar-refractivity contribution in [2.45, 2.75) is 39.5 Å². The van der Waals surface area contributed by atoms with Gasteiger partial charge >= 0.3 is 5.97 Å². The lowest BCUT2D eigenvalue weighted by Gasteiger charge is -2.15. The Kier molecular flexibility index (Phi) is 7.29. The molecule has 0 aromatic heterocycles. The van der Waals surface area contributed by atoms with Crippen LogP contribution in [0.4, 0.5) is 0 Å². The number of aliphatic carboxylic acids is 1. The molecule has 0 atom stereocenters. The summed E-state index contributed by atoms with van der Waals surface area (Å²) in [4.78, 5) is 21.5. The monoisotopic (exact) mass is 294 g/mol. The van der Waals surface area contributed by atoms with Crippen LogP contribution in [0.2, 0.25) is 0 Å². The minimum Gasteiger partial charge on any atom is -0.493 e. The predicted molar refractivity (Wildman–Crippen MR) is 79.3 cm³/mol. The van der Waals surface area contributed by atoms with Gasteiger partial charge in [-0.25, -0.2) is 0 Å². The second-order valence-corrected chi connectivity index (χ2v) is 4.77. The highest BCUT2D eigenvalue weighted by molar-refractivity contribution is 5.81. The molecule has 0 saturated heterocycles. The molecule has 1 rings (SSSR count). The Morgan fingerprint density at radius 2 is 2.00 bits per heavy atom. The Bertz CT molecular complexity index is 482. The number of hydrogen-bond acceptors (Lipinski definition) is 4. The first-order valence-electron chi connectivity index (χ1n) is 7.16. The van der Waals surface area contributed by atoms with Crippen molar-refractivity contribution in [3.63, 3.8) is 0 Å². The lowest BCUT2D eigenvalue weighted by molar-refractivity contribution is -0.137. The molecule has 0 heterocycles. The second kappa shape index (κ2) is 9.00. The van der Waals surface area contributed by atoms with Crippen LogP contribution in [0.15, 0.2) is 12.1 Å². The van der Waals surface area contributed by atoms with Crippen LogP contribution in [0.3, 0.4) is 0 Å². The Morgan fingerprint density at radius 3 is 2.62 bits per heavy atom. The summed E-state index contributed by atoms with van der Waals surface area (Å²) >= 11 is 0. The van der Waals surface area contributed by atoms with Crippen molar-refractivity contribution >= 4 is 12.3 Å². The standard InChI is InChI=1S/C16H22O5/c1-3-9-20-14-8-7-13(11-17)16(12(14)2)21-10-5-4-6-15(18)19/h7-8,11H,3-6,9-10H2,1-2H3,(H,18,19). The highest BCUT2D eigenvalue weighted by Gasteiger charge is 2.12. The van der Waals surface area contributed by atoms with Gasteiger partial charge in [-0.15, -0.1) is 0 Å². The van der Waals surface area contributed by atoms with Gasteiger partial charge in [0.1, 0.15) is 11.5 Å². The van der Waals surface area contributed by atoms with E-state index in [9.17, 15) is 9.59 Å². The minimum absolute atomic E-state index is 0.128. The molecule has 0 saturated carbocycles. The molecule has 1 aromatic carbocycles. The molecule has 0 unspecified atom stereocenters. The maximum Gasteiger partial charge on any atom is 0.303 e. The van der Waals surface area contributed by atoms with Crippen molar-refractivity contribution < 1.29 is 24.2 Å². The van der Waals surface area contributed by atoms with E-state index in [2.05, 4.69) is 0 Å². The highest BCUT2D eigenvalue weighted by atomic mass is 16.5. The number of unbranched alkanes of at least 4 members (excludes halogenated alkanes) is 1. The van der Waals surface area contributed by atoms with Gasteiger partial charge in [0.25, 0.3) is 0 Å². The summed E-state index contributed by atoms with van der Waals surface area (Å²) in [6.45, 7) is 4.87. The fourth-order valence-corrected chi connectivity index (χ4v) is 1.90. The highest BCUT2D eigenvalue weighted by Crippen LogP contribution is 2.31. The molecule has 0 spiro atoms. The zero-order chi connectivity index (χ0) is 15.7. The van der Waals surface area contributed by atoms with Crippen molar-refractivity contribution in [3.05, 3.63) is 23.3 Å². The molecular weight excluding hydrogens is 272 g/mol. The molecule has 5 heteroatoms. The number of aldehydes is 1. The number of carboxylic acid groups (broad SMARTS) is 1. The number of rotatable bonds is 10. The summed E-state index contributed by atoms with van der Waals surface area (Å²) in [5, 5.41) is 8.57. The minimum atomic E-state index is -0.810. The van der Waals surface area contributed by atoms with Crippen molar-refractivity contribution in [1.29, 1.82) is 0 Å². The molecule has 21 heavy (non-hydrogen) atoms. The molecule has 0 fully saturated rings. The Balaban J connectivity index is 2.69. The molecule has 1 aromatic rings. The van der Waals surface area contributed by atoms with E-state index in [4.69, 9.17) is 14.6 Å². The van der Waals surface area contributed by atoms with E-state index in [-0.39, 0.29) is 6.42 Å². The number of carbonyl (C=O) groups is 2. The summed E-state index contributed by atoms with van der Waals surface area (Å²) < 4.78 is 11.3. The first-order chi connectivity index (χ1) is 10.1. The van der Waals surface area contributed by atoms with E-state index in [0.29, 0.717) is 43.1 Å². The topological polar surface area (TPSA) is 72.8 Å². The summed E-state index contributed by atoms with van der Waals surface area (Å²) in [6, 6.07) is 3.45. The van der Waals surface area contributed by atoms with E-state index in [1.54, 1.807) is 12.1 Å². The van der Waals surface area contributed by atoms with Crippen LogP contribution in [0, 0.1) is 6.92 Å². The van der Waals surface area contributed by atoms with Crippen LogP contribution in [0.1, 0.15) is 48.5 Å². The van der Waals surface area contributed by atoms with Crippen molar-refractivity contribution in [3.8, 4) is 11.5 Å². The molecule has 0 bridgehead atoms. The van der Waals surface area contributed by atoms with Gasteiger partial charge < -0.3 is 14.6 Å². The summed E-state index contributed by atoms with van der Waals surface area (Å²) in [5.74, 6) is 0.423. The third-order valence-electron chi connectivity index (χ3n) is 3.01. The smallest absolute Gasteiger partial charge is 0.303 e. The fraction of sp³-hybridized carbons (Fsp3) is 0.500. The van der Waals surface area contributed by atoms with Crippen molar-refractivity contribution in [2.75, 3.05) is 13.2 Å². The van der Waals surface area contributed by atoms with Crippen LogP contribution in [0.25, 0.3) is 0 Å². The van der Waals surface area contributed by atoms with Gasteiger partial charge in [0.05, 0.1) is 18.8 Å².